The Morgan fingerprint density at radius 3 is 2.59 bits per heavy atom. The number of ether oxygens (including phenoxy) is 1. The van der Waals surface area contributed by atoms with Crippen molar-refractivity contribution in [3.05, 3.63) is 63.7 Å². The second-order valence-electron chi connectivity index (χ2n) is 5.99. The summed E-state index contributed by atoms with van der Waals surface area (Å²) in [6, 6.07) is 12.8. The highest BCUT2D eigenvalue weighted by Crippen LogP contribution is 2.33. The molecule has 0 fully saturated rings. The number of benzene rings is 2. The molecule has 0 aliphatic carbocycles. The molecule has 0 bridgehead atoms. The molecular weight excluding hydrogens is 455 g/mol. The molecule has 0 spiro atoms. The van der Waals surface area contributed by atoms with Gasteiger partial charge in [-0.15, -0.1) is 11.8 Å². The molecule has 9 heteroatoms. The summed E-state index contributed by atoms with van der Waals surface area (Å²) in [6.07, 6.45) is 0.332. The van der Waals surface area contributed by atoms with E-state index in [0.29, 0.717) is 10.0 Å². The zero-order valence-corrected chi connectivity index (χ0v) is 18.2. The summed E-state index contributed by atoms with van der Waals surface area (Å²) in [5.74, 6) is -0.907. The highest BCUT2D eigenvalue weighted by molar-refractivity contribution is 8.00. The summed E-state index contributed by atoms with van der Waals surface area (Å²) in [5, 5.41) is 5.51. The number of nitrogens with one attached hydrogen (secondary N) is 1. The fourth-order valence-corrected chi connectivity index (χ4v) is 4.18. The van der Waals surface area contributed by atoms with Gasteiger partial charge in [-0.05, 0) is 30.5 Å². The van der Waals surface area contributed by atoms with E-state index in [0.717, 1.165) is 15.7 Å². The van der Waals surface area contributed by atoms with E-state index in [4.69, 9.17) is 39.5 Å². The van der Waals surface area contributed by atoms with Crippen LogP contribution >= 0.6 is 46.6 Å². The third kappa shape index (κ3) is 5.54. The maximum Gasteiger partial charge on any atom is 0.317 e. The summed E-state index contributed by atoms with van der Waals surface area (Å²) in [6.45, 7) is 1.47. The Kier molecular flexibility index (Phi) is 7.24. The zero-order chi connectivity index (χ0) is 21.0. The molecule has 1 aromatic heterocycles. The third-order valence-electron chi connectivity index (χ3n) is 3.89. The van der Waals surface area contributed by atoms with E-state index in [9.17, 15) is 9.59 Å². The molecule has 0 radical (unpaired) electrons. The number of fused-ring (bicyclic) bond motifs is 1. The second-order valence-corrected chi connectivity index (χ2v) is 8.26. The molecule has 0 saturated carbocycles. The number of hydrogen-bond donors (Lipinski definition) is 1. The Morgan fingerprint density at radius 2 is 1.86 bits per heavy atom. The molecule has 29 heavy (non-hydrogen) atoms. The number of aromatic nitrogens is 1. The Hall–Kier alpha value is -1.99. The number of carbonyl (C=O) groups excluding carboxylic acids is 2. The van der Waals surface area contributed by atoms with Gasteiger partial charge in [0.05, 0.1) is 15.8 Å². The highest BCUT2D eigenvalue weighted by atomic mass is 35.5. The Labute approximate surface area is 186 Å². The number of anilines is 1. The van der Waals surface area contributed by atoms with Crippen molar-refractivity contribution < 1.29 is 14.3 Å². The lowest BCUT2D eigenvalue weighted by atomic mass is 10.1. The van der Waals surface area contributed by atoms with E-state index in [1.165, 1.54) is 30.9 Å². The number of rotatable bonds is 6. The van der Waals surface area contributed by atoms with Crippen molar-refractivity contribution in [2.24, 2.45) is 0 Å². The molecule has 0 saturated heterocycles. The molecule has 3 rings (SSSR count). The van der Waals surface area contributed by atoms with Crippen LogP contribution in [0.3, 0.4) is 0 Å². The third-order valence-corrected chi connectivity index (χ3v) is 5.73. The Morgan fingerprint density at radius 1 is 1.14 bits per heavy atom. The van der Waals surface area contributed by atoms with Gasteiger partial charge in [-0.1, -0.05) is 59.1 Å². The lowest BCUT2D eigenvalue weighted by molar-refractivity contribution is -0.150. The number of thioether (sulfide) groups is 1. The van der Waals surface area contributed by atoms with Crippen LogP contribution in [0.15, 0.2) is 53.6 Å². The molecule has 3 aromatic rings. The summed E-state index contributed by atoms with van der Waals surface area (Å²) >= 11 is 19.3. The molecule has 1 N–H and O–H groups in total. The van der Waals surface area contributed by atoms with E-state index < -0.39 is 18.0 Å². The minimum atomic E-state index is -1.02. The first kappa shape index (κ1) is 21.7. The van der Waals surface area contributed by atoms with Gasteiger partial charge in [-0.2, -0.15) is 0 Å². The number of amides is 1. The van der Waals surface area contributed by atoms with Crippen molar-refractivity contribution in [2.75, 3.05) is 11.1 Å². The summed E-state index contributed by atoms with van der Waals surface area (Å²) in [5.41, 5.74) is 0. The predicted octanol–water partition coefficient (Wildman–Crippen LogP) is 5.86. The molecule has 1 atom stereocenters. The van der Waals surface area contributed by atoms with Crippen LogP contribution in [-0.2, 0) is 14.3 Å². The predicted molar refractivity (Wildman–Crippen MR) is 118 cm³/mol. The summed E-state index contributed by atoms with van der Waals surface area (Å²) < 4.78 is 5.21. The van der Waals surface area contributed by atoms with Crippen LogP contribution in [0.1, 0.15) is 6.92 Å². The number of pyridine rings is 1. The van der Waals surface area contributed by atoms with Gasteiger partial charge in [-0.25, -0.2) is 4.98 Å². The maximum absolute atomic E-state index is 12.2. The van der Waals surface area contributed by atoms with E-state index in [1.807, 2.05) is 30.3 Å². The van der Waals surface area contributed by atoms with E-state index in [-0.39, 0.29) is 16.6 Å². The molecule has 5 nitrogen and oxygen atoms in total. The van der Waals surface area contributed by atoms with Gasteiger partial charge in [0.25, 0.3) is 5.91 Å². The van der Waals surface area contributed by atoms with Gasteiger partial charge in [0.1, 0.15) is 0 Å². The van der Waals surface area contributed by atoms with E-state index >= 15 is 0 Å². The van der Waals surface area contributed by atoms with Crippen LogP contribution in [0, 0.1) is 0 Å². The van der Waals surface area contributed by atoms with Crippen molar-refractivity contribution in [3.63, 3.8) is 0 Å². The molecular formula is C20H15Cl3N2O3S. The maximum atomic E-state index is 12.2. The van der Waals surface area contributed by atoms with Crippen molar-refractivity contribution in [1.29, 1.82) is 0 Å². The van der Waals surface area contributed by atoms with Crippen LogP contribution in [0.25, 0.3) is 10.8 Å². The fraction of sp³-hybridized carbons (Fsp3) is 0.150. The Balaban J connectivity index is 1.59. The van der Waals surface area contributed by atoms with E-state index in [1.54, 1.807) is 6.07 Å². The Bertz CT molecular complexity index is 1070. The van der Waals surface area contributed by atoms with Gasteiger partial charge in [0, 0.05) is 21.5 Å². The lowest BCUT2D eigenvalue weighted by Crippen LogP contribution is -2.30. The zero-order valence-electron chi connectivity index (χ0n) is 15.1. The average molecular weight is 470 g/mol. The van der Waals surface area contributed by atoms with Crippen molar-refractivity contribution >= 4 is 75.0 Å². The lowest BCUT2D eigenvalue weighted by Gasteiger charge is -2.14. The molecule has 0 aliphatic heterocycles. The minimum Gasteiger partial charge on any atom is -0.452 e. The van der Waals surface area contributed by atoms with Gasteiger partial charge >= 0.3 is 5.97 Å². The number of esters is 1. The van der Waals surface area contributed by atoms with Gasteiger partial charge < -0.3 is 10.1 Å². The fourth-order valence-electron chi connectivity index (χ4n) is 2.53. The van der Waals surface area contributed by atoms with Gasteiger partial charge in [-0.3, -0.25) is 9.59 Å². The molecule has 0 aliphatic rings. The van der Waals surface area contributed by atoms with Gasteiger partial charge in [0.2, 0.25) is 0 Å². The van der Waals surface area contributed by atoms with Crippen LogP contribution in [0.5, 0.6) is 0 Å². The van der Waals surface area contributed by atoms with Crippen molar-refractivity contribution in [3.8, 4) is 0 Å². The SMILES string of the molecule is CC(OC(=O)CSc1cccc2cccc(Cl)c12)C(=O)Nc1ncc(Cl)cc1Cl. The minimum absolute atomic E-state index is 0.0297. The second kappa shape index (κ2) is 9.67. The van der Waals surface area contributed by atoms with Crippen molar-refractivity contribution in [2.45, 2.75) is 17.9 Å². The summed E-state index contributed by atoms with van der Waals surface area (Å²) in [7, 11) is 0. The standard InChI is InChI=1S/C20H15Cl3N2O3S/c1-11(20(27)25-19-15(23)8-13(21)9-24-19)28-17(26)10-29-16-7-3-5-12-4-2-6-14(22)18(12)16/h2-9,11H,10H2,1H3,(H,24,25,27). The number of nitrogens with zero attached hydrogens (tertiary/aromatic N) is 1. The summed E-state index contributed by atoms with van der Waals surface area (Å²) in [4.78, 5) is 29.2. The molecule has 2 aromatic carbocycles. The first-order valence-electron chi connectivity index (χ1n) is 8.46. The quantitative estimate of drug-likeness (QED) is 0.362. The van der Waals surface area contributed by atoms with Crippen LogP contribution in [0.2, 0.25) is 15.1 Å². The highest BCUT2D eigenvalue weighted by Gasteiger charge is 2.20. The average Bonchev–Trinajstić information content (AvgIpc) is 2.68. The van der Waals surface area contributed by atoms with Crippen molar-refractivity contribution in [1.82, 2.24) is 4.98 Å². The number of hydrogen-bond acceptors (Lipinski definition) is 5. The first-order valence-corrected chi connectivity index (χ1v) is 10.6. The van der Waals surface area contributed by atoms with Crippen LogP contribution in [-0.4, -0.2) is 28.7 Å². The topological polar surface area (TPSA) is 68.3 Å². The molecule has 1 amide bonds. The smallest absolute Gasteiger partial charge is 0.317 e. The number of carbonyl (C=O) groups is 2. The molecule has 1 heterocycles. The monoisotopic (exact) mass is 468 g/mol. The number of halogens is 3. The van der Waals surface area contributed by atoms with Crippen LogP contribution in [0.4, 0.5) is 5.82 Å². The first-order chi connectivity index (χ1) is 13.8. The van der Waals surface area contributed by atoms with Crippen LogP contribution < -0.4 is 5.32 Å². The molecule has 150 valence electrons. The molecule has 1 unspecified atom stereocenters. The normalized spacial score (nSPS) is 11.9. The van der Waals surface area contributed by atoms with E-state index in [2.05, 4.69) is 10.3 Å². The van der Waals surface area contributed by atoms with Gasteiger partial charge in [0.15, 0.2) is 11.9 Å². The largest absolute Gasteiger partial charge is 0.452 e.